The van der Waals surface area contributed by atoms with Crippen molar-refractivity contribution in [1.29, 1.82) is 0 Å². The SMILES string of the molecule is CCCCCC/C=C\C/C=C\CCCCCCCC(=O)OCCCCCCCCCCCCCCCCCCCC/C=C\CCCCCCCCCCCCCCCCCCCC(=O)NC(CO)C(O)CCCCCCCCCCCCCCCCCCCCCCC. The summed E-state index contributed by atoms with van der Waals surface area (Å²) in [5.74, 6) is -0.0154. The maximum atomic E-state index is 12.6. The quantitative estimate of drug-likeness (QED) is 0.0320. The van der Waals surface area contributed by atoms with Crippen molar-refractivity contribution < 1.29 is 24.5 Å². The third-order valence-electron chi connectivity index (χ3n) is 20.2. The molecule has 93 heavy (non-hydrogen) atoms. The van der Waals surface area contributed by atoms with Crippen LogP contribution < -0.4 is 5.32 Å². The van der Waals surface area contributed by atoms with Gasteiger partial charge in [0.25, 0.3) is 0 Å². The number of hydrogen-bond donors (Lipinski definition) is 3. The summed E-state index contributed by atoms with van der Waals surface area (Å²) in [5, 5.41) is 23.5. The van der Waals surface area contributed by atoms with Crippen LogP contribution in [-0.2, 0) is 14.3 Å². The van der Waals surface area contributed by atoms with E-state index >= 15 is 0 Å². The molecule has 1 amide bonds. The Bertz CT molecular complexity index is 1510. The van der Waals surface area contributed by atoms with Gasteiger partial charge in [-0.1, -0.05) is 423 Å². The Kier molecular flexibility index (Phi) is 80.8. The molecule has 0 fully saturated rings. The molecule has 0 saturated carbocycles. The summed E-state index contributed by atoms with van der Waals surface area (Å²) in [7, 11) is 0. The number of esters is 1. The van der Waals surface area contributed by atoms with E-state index in [1.807, 2.05) is 0 Å². The number of hydrogen-bond acceptors (Lipinski definition) is 5. The zero-order valence-corrected chi connectivity index (χ0v) is 63.3. The Balaban J connectivity index is 3.33. The van der Waals surface area contributed by atoms with Gasteiger partial charge in [0.15, 0.2) is 0 Å². The maximum absolute atomic E-state index is 12.6. The topological polar surface area (TPSA) is 95.9 Å². The van der Waals surface area contributed by atoms with Crippen LogP contribution in [0.25, 0.3) is 0 Å². The summed E-state index contributed by atoms with van der Waals surface area (Å²) >= 11 is 0. The van der Waals surface area contributed by atoms with E-state index < -0.39 is 12.1 Å². The Morgan fingerprint density at radius 2 is 0.538 bits per heavy atom. The highest BCUT2D eigenvalue weighted by atomic mass is 16.5. The van der Waals surface area contributed by atoms with Gasteiger partial charge in [0, 0.05) is 12.8 Å². The first-order chi connectivity index (χ1) is 46.0. The lowest BCUT2D eigenvalue weighted by Crippen LogP contribution is -2.45. The van der Waals surface area contributed by atoms with Crippen molar-refractivity contribution in [2.45, 2.75) is 495 Å². The van der Waals surface area contributed by atoms with Crippen LogP contribution in [0.15, 0.2) is 36.5 Å². The van der Waals surface area contributed by atoms with Crippen molar-refractivity contribution in [2.24, 2.45) is 0 Å². The number of aliphatic hydroxyl groups excluding tert-OH is 2. The van der Waals surface area contributed by atoms with Crippen molar-refractivity contribution in [3.63, 3.8) is 0 Å². The fraction of sp³-hybridized carbons (Fsp3) is 0.908. The molecule has 6 heteroatoms. The molecule has 0 saturated heterocycles. The predicted octanol–water partition coefficient (Wildman–Crippen LogP) is 28.6. The van der Waals surface area contributed by atoms with Gasteiger partial charge in [0.2, 0.25) is 5.91 Å². The first-order valence-electron chi connectivity index (χ1n) is 42.7. The fourth-order valence-electron chi connectivity index (χ4n) is 13.7. The van der Waals surface area contributed by atoms with Crippen molar-refractivity contribution in [3.05, 3.63) is 36.5 Å². The molecule has 0 aliphatic rings. The first kappa shape index (κ1) is 91.1. The third-order valence-corrected chi connectivity index (χ3v) is 20.2. The van der Waals surface area contributed by atoms with E-state index in [0.717, 1.165) is 51.4 Å². The lowest BCUT2D eigenvalue weighted by atomic mass is 10.0. The second-order valence-corrected chi connectivity index (χ2v) is 29.5. The smallest absolute Gasteiger partial charge is 0.305 e. The van der Waals surface area contributed by atoms with Crippen LogP contribution in [0.5, 0.6) is 0 Å². The first-order valence-corrected chi connectivity index (χ1v) is 42.7. The van der Waals surface area contributed by atoms with Gasteiger partial charge in [-0.05, 0) is 83.5 Å². The minimum atomic E-state index is -0.662. The molecule has 0 aromatic carbocycles. The summed E-state index contributed by atoms with van der Waals surface area (Å²) in [4.78, 5) is 24.7. The van der Waals surface area contributed by atoms with Gasteiger partial charge in [-0.15, -0.1) is 0 Å². The number of allylic oxidation sites excluding steroid dienone is 6. The largest absolute Gasteiger partial charge is 0.466 e. The standard InChI is InChI=1S/C87H167NO5/c1-3-5-7-9-11-13-15-17-19-21-22-42-45-48-51-55-59-63-67-71-75-79-85(90)84(83-89)88-86(91)80-76-72-68-64-60-56-52-49-46-43-40-38-36-34-32-30-28-26-24-23-25-27-29-31-33-35-37-39-41-44-47-50-54-58-62-66-70-74-78-82-93-87(92)81-77-73-69-65-61-57-53-20-18-16-14-12-10-8-6-4-2/h14,16,20,23-24,53,84-85,89-90H,3-13,15,17-19,21-22,25-52,54-83H2,1-2H3,(H,88,91)/b16-14-,24-23-,53-20-. The summed E-state index contributed by atoms with van der Waals surface area (Å²) in [6, 6.07) is -0.539. The second-order valence-electron chi connectivity index (χ2n) is 29.5. The van der Waals surface area contributed by atoms with Gasteiger partial charge in [-0.25, -0.2) is 0 Å². The molecular formula is C87H167NO5. The molecule has 0 heterocycles. The van der Waals surface area contributed by atoms with E-state index in [1.165, 1.54) is 398 Å². The van der Waals surface area contributed by atoms with E-state index in [-0.39, 0.29) is 18.5 Å². The highest BCUT2D eigenvalue weighted by molar-refractivity contribution is 5.76. The van der Waals surface area contributed by atoms with Crippen LogP contribution >= 0.6 is 0 Å². The molecule has 3 N–H and O–H groups in total. The van der Waals surface area contributed by atoms with Gasteiger partial charge in [-0.2, -0.15) is 0 Å². The second kappa shape index (κ2) is 82.5. The van der Waals surface area contributed by atoms with E-state index in [2.05, 4.69) is 55.6 Å². The molecule has 2 unspecified atom stereocenters. The molecule has 0 spiro atoms. The summed E-state index contributed by atoms with van der Waals surface area (Å²) in [6.45, 7) is 4.98. The molecular weight excluding hydrogens is 1140 g/mol. The van der Waals surface area contributed by atoms with Crippen LogP contribution in [0.1, 0.15) is 483 Å². The van der Waals surface area contributed by atoms with Crippen LogP contribution in [-0.4, -0.2) is 47.4 Å². The van der Waals surface area contributed by atoms with Gasteiger partial charge in [-0.3, -0.25) is 9.59 Å². The molecule has 0 aromatic heterocycles. The molecule has 0 rings (SSSR count). The maximum Gasteiger partial charge on any atom is 0.305 e. The molecule has 550 valence electrons. The zero-order valence-electron chi connectivity index (χ0n) is 63.3. The zero-order chi connectivity index (χ0) is 67.0. The van der Waals surface area contributed by atoms with E-state index in [1.54, 1.807) is 0 Å². The van der Waals surface area contributed by atoms with Gasteiger partial charge in [0.1, 0.15) is 0 Å². The number of carbonyl (C=O) groups is 2. The lowest BCUT2D eigenvalue weighted by Gasteiger charge is -2.22. The third kappa shape index (κ3) is 79.0. The Labute approximate surface area is 583 Å². The number of rotatable bonds is 81. The average Bonchev–Trinajstić information content (AvgIpc) is 3.78. The number of amides is 1. The molecule has 0 radical (unpaired) electrons. The van der Waals surface area contributed by atoms with E-state index in [9.17, 15) is 19.8 Å². The highest BCUT2D eigenvalue weighted by Gasteiger charge is 2.20. The Hall–Kier alpha value is -1.92. The molecule has 2 atom stereocenters. The number of carbonyl (C=O) groups excluding carboxylic acids is 2. The Morgan fingerprint density at radius 1 is 0.301 bits per heavy atom. The van der Waals surface area contributed by atoms with Crippen molar-refractivity contribution in [1.82, 2.24) is 5.32 Å². The van der Waals surface area contributed by atoms with Crippen molar-refractivity contribution >= 4 is 11.9 Å². The summed E-state index contributed by atoms with van der Waals surface area (Å²) < 4.78 is 5.50. The molecule has 0 aliphatic carbocycles. The molecule has 0 aromatic rings. The van der Waals surface area contributed by atoms with Crippen molar-refractivity contribution in [2.75, 3.05) is 13.2 Å². The lowest BCUT2D eigenvalue weighted by molar-refractivity contribution is -0.143. The fourth-order valence-corrected chi connectivity index (χ4v) is 13.7. The number of aliphatic hydroxyl groups is 2. The molecule has 0 aliphatic heterocycles. The van der Waals surface area contributed by atoms with Gasteiger partial charge < -0.3 is 20.3 Å². The highest BCUT2D eigenvalue weighted by Crippen LogP contribution is 2.20. The Morgan fingerprint density at radius 3 is 0.839 bits per heavy atom. The molecule has 6 nitrogen and oxygen atoms in total. The van der Waals surface area contributed by atoms with Crippen LogP contribution in [0.2, 0.25) is 0 Å². The van der Waals surface area contributed by atoms with Crippen LogP contribution in [0, 0.1) is 0 Å². The monoisotopic (exact) mass is 1310 g/mol. The van der Waals surface area contributed by atoms with Gasteiger partial charge in [0.05, 0.1) is 25.4 Å². The normalized spacial score (nSPS) is 12.6. The number of unbranched alkanes of at least 4 members (excludes halogenated alkanes) is 64. The van der Waals surface area contributed by atoms with Crippen LogP contribution in [0.3, 0.4) is 0 Å². The van der Waals surface area contributed by atoms with E-state index in [4.69, 9.17) is 4.74 Å². The van der Waals surface area contributed by atoms with Gasteiger partial charge >= 0.3 is 5.97 Å². The minimum Gasteiger partial charge on any atom is -0.466 e. The average molecular weight is 1310 g/mol. The predicted molar refractivity (Wildman–Crippen MR) is 412 cm³/mol. The number of ether oxygens (including phenoxy) is 1. The minimum absolute atomic E-state index is 0.00975. The summed E-state index contributed by atoms with van der Waals surface area (Å²) in [6.07, 6.45) is 108. The number of nitrogens with one attached hydrogen (secondary N) is 1. The van der Waals surface area contributed by atoms with Crippen molar-refractivity contribution in [3.8, 4) is 0 Å². The molecule has 0 bridgehead atoms. The van der Waals surface area contributed by atoms with Crippen LogP contribution in [0.4, 0.5) is 0 Å². The van der Waals surface area contributed by atoms with E-state index in [0.29, 0.717) is 25.9 Å². The summed E-state index contributed by atoms with van der Waals surface area (Å²) in [5.41, 5.74) is 0.